The Kier molecular flexibility index (Phi) is 2.05. The fourth-order valence-electron chi connectivity index (χ4n) is 1.02. The molecule has 0 saturated heterocycles. The third-order valence-corrected chi connectivity index (χ3v) is 2.26. The van der Waals surface area contributed by atoms with Crippen LogP contribution in [0.4, 0.5) is 0 Å². The average molecular weight is 191 g/mol. The second kappa shape index (κ2) is 3.21. The minimum atomic E-state index is -1.03. The molecule has 1 radical (unpaired) electrons. The largest absolute Gasteiger partial charge is 0.886 e. The summed E-state index contributed by atoms with van der Waals surface area (Å²) < 4.78 is 9.39. The summed E-state index contributed by atoms with van der Waals surface area (Å²) in [6.45, 7) is 0. The maximum Gasteiger partial charge on any atom is 0.886 e. The van der Waals surface area contributed by atoms with Crippen molar-refractivity contribution in [1.82, 2.24) is 0 Å². The van der Waals surface area contributed by atoms with E-state index in [1.54, 1.807) is 18.2 Å². The number of hydrogen-bond acceptors (Lipinski definition) is 4. The molecule has 0 spiro atoms. The minimum Gasteiger partial charge on any atom is -0.586 e. The van der Waals surface area contributed by atoms with Crippen LogP contribution in [0.3, 0.4) is 0 Å². The second-order valence-corrected chi connectivity index (χ2v) is 3.15. The smallest absolute Gasteiger partial charge is 0.586 e. The Morgan fingerprint density at radius 3 is 2.08 bits per heavy atom. The lowest BCUT2D eigenvalue weighted by Gasteiger charge is -2.10. The molecule has 2 rings (SSSR count). The van der Waals surface area contributed by atoms with Crippen LogP contribution in [0.25, 0.3) is 0 Å². The van der Waals surface area contributed by atoms with Gasteiger partial charge in [0.1, 0.15) is 0 Å². The normalized spacial score (nSPS) is 14.8. The van der Waals surface area contributed by atoms with Gasteiger partial charge >= 0.3 is 27.8 Å². The highest BCUT2D eigenvalue weighted by Gasteiger charge is 2.20. The number of carbonyl (C=O) groups is 2. The number of carbonyl (C=O) groups excluding carboxylic acids is 2. The van der Waals surface area contributed by atoms with Gasteiger partial charge in [-0.05, 0) is 18.2 Å². The third-order valence-electron chi connectivity index (χ3n) is 1.64. The summed E-state index contributed by atoms with van der Waals surface area (Å²) in [4.78, 5) is 22.3. The topological polar surface area (TPSA) is 52.6 Å². The first-order chi connectivity index (χ1) is 6.27. The first kappa shape index (κ1) is 8.30. The lowest BCUT2D eigenvalue weighted by atomic mass is 10.1. The molecule has 1 aliphatic rings. The highest BCUT2D eigenvalue weighted by molar-refractivity contribution is 6.29. The Bertz CT molecular complexity index is 343. The molecule has 0 saturated carbocycles. The van der Waals surface area contributed by atoms with Crippen LogP contribution in [0.15, 0.2) is 24.3 Å². The first-order valence-electron chi connectivity index (χ1n) is 3.61. The van der Waals surface area contributed by atoms with Gasteiger partial charge in [-0.1, -0.05) is 6.07 Å². The molecule has 1 aliphatic heterocycles. The van der Waals surface area contributed by atoms with Gasteiger partial charge in [0.2, 0.25) is 0 Å². The molecule has 1 heterocycles. The van der Waals surface area contributed by atoms with Crippen molar-refractivity contribution in [2.24, 2.45) is 0 Å². The van der Waals surface area contributed by atoms with Gasteiger partial charge in [-0.25, -0.2) is 9.59 Å². The van der Waals surface area contributed by atoms with E-state index >= 15 is 0 Å². The highest BCUT2D eigenvalue weighted by atomic mass is 27.2. The van der Waals surface area contributed by atoms with E-state index in [-0.39, 0.29) is 0 Å². The van der Waals surface area contributed by atoms with Crippen LogP contribution in [0.1, 0.15) is 20.7 Å². The zero-order valence-corrected chi connectivity index (χ0v) is 7.67. The molecule has 5 heteroatoms. The molecular weight excluding hydrogens is 187 g/mol. The first-order valence-corrected chi connectivity index (χ1v) is 4.55. The fraction of sp³-hybridized carbons (Fsp3) is 0. The maximum absolute atomic E-state index is 11.1. The third kappa shape index (κ3) is 1.57. The Morgan fingerprint density at radius 1 is 1.00 bits per heavy atom. The maximum atomic E-state index is 11.1. The second-order valence-electron chi connectivity index (χ2n) is 2.49. The number of rotatable bonds is 0. The van der Waals surface area contributed by atoms with E-state index in [0.717, 1.165) is 0 Å². The molecule has 13 heavy (non-hydrogen) atoms. The molecule has 1 aromatic carbocycles. The Hall–Kier alpha value is -1.31. The minimum absolute atomic E-state index is 0.390. The predicted octanol–water partition coefficient (Wildman–Crippen LogP) is 0.548. The van der Waals surface area contributed by atoms with Gasteiger partial charge in [0.25, 0.3) is 0 Å². The molecule has 0 N–H and O–H groups in total. The lowest BCUT2D eigenvalue weighted by Crippen LogP contribution is -2.19. The van der Waals surface area contributed by atoms with Gasteiger partial charge in [0.05, 0.1) is 11.1 Å². The molecule has 0 unspecified atom stereocenters. The van der Waals surface area contributed by atoms with Gasteiger partial charge in [0, 0.05) is 0 Å². The van der Waals surface area contributed by atoms with Crippen LogP contribution >= 0.6 is 0 Å². The molecule has 0 aromatic heterocycles. The zero-order chi connectivity index (χ0) is 9.26. The number of hydrogen-bond donors (Lipinski definition) is 0. The van der Waals surface area contributed by atoms with Crippen molar-refractivity contribution in [2.45, 2.75) is 0 Å². The highest BCUT2D eigenvalue weighted by Crippen LogP contribution is 2.10. The van der Waals surface area contributed by atoms with Gasteiger partial charge in [-0.15, -0.1) is 0 Å². The zero-order valence-electron chi connectivity index (χ0n) is 6.52. The molecule has 0 amide bonds. The van der Waals surface area contributed by atoms with Crippen LogP contribution in [-0.4, -0.2) is 27.8 Å². The SMILES string of the molecule is O=C1[O][Al][O]C(=O)c2cccc1c2. The van der Waals surface area contributed by atoms with Crippen molar-refractivity contribution < 1.29 is 17.2 Å². The van der Waals surface area contributed by atoms with E-state index < -0.39 is 27.8 Å². The van der Waals surface area contributed by atoms with Crippen molar-refractivity contribution in [1.29, 1.82) is 0 Å². The van der Waals surface area contributed by atoms with Crippen molar-refractivity contribution in [3.63, 3.8) is 0 Å². The summed E-state index contributed by atoms with van der Waals surface area (Å²) in [5, 5.41) is 0. The number of benzene rings is 1. The molecule has 0 fully saturated rings. The molecule has 63 valence electrons. The van der Waals surface area contributed by atoms with E-state index in [2.05, 4.69) is 0 Å². The summed E-state index contributed by atoms with van der Waals surface area (Å²) in [6.07, 6.45) is 0. The predicted molar refractivity (Wildman–Crippen MR) is 43.0 cm³/mol. The van der Waals surface area contributed by atoms with Crippen LogP contribution in [0.2, 0.25) is 0 Å². The van der Waals surface area contributed by atoms with Gasteiger partial charge in [0.15, 0.2) is 0 Å². The lowest BCUT2D eigenvalue weighted by molar-refractivity contribution is 0.0621. The quantitative estimate of drug-likeness (QED) is 0.562. The standard InChI is InChI=1S/C8H6O4.Al/c9-7(10)5-2-1-3-6(4-5)8(11)12;/h1-4H,(H,9,10)(H,11,12);/q;+2/p-2. The summed E-state index contributed by atoms with van der Waals surface area (Å²) in [5.41, 5.74) is 0.781. The van der Waals surface area contributed by atoms with Crippen molar-refractivity contribution >= 4 is 27.8 Å². The Labute approximate surface area is 80.8 Å². The summed E-state index contributed by atoms with van der Waals surface area (Å²) in [5.74, 6) is -0.881. The molecule has 0 aliphatic carbocycles. The van der Waals surface area contributed by atoms with E-state index in [9.17, 15) is 9.59 Å². The van der Waals surface area contributed by atoms with Crippen LogP contribution in [0, 0.1) is 0 Å². The monoisotopic (exact) mass is 191 g/mol. The van der Waals surface area contributed by atoms with Crippen molar-refractivity contribution in [2.75, 3.05) is 0 Å². The van der Waals surface area contributed by atoms with Gasteiger partial charge < -0.3 is 7.58 Å². The fourth-order valence-corrected chi connectivity index (χ4v) is 1.52. The Balaban J connectivity index is 2.51. The van der Waals surface area contributed by atoms with Crippen LogP contribution in [0.5, 0.6) is 0 Å². The Morgan fingerprint density at radius 2 is 1.54 bits per heavy atom. The van der Waals surface area contributed by atoms with Crippen LogP contribution < -0.4 is 0 Å². The molecule has 0 atom stereocenters. The van der Waals surface area contributed by atoms with Crippen molar-refractivity contribution in [3.8, 4) is 0 Å². The van der Waals surface area contributed by atoms with Crippen molar-refractivity contribution in [3.05, 3.63) is 35.4 Å². The van der Waals surface area contributed by atoms with Gasteiger partial charge in [-0.2, -0.15) is 0 Å². The van der Waals surface area contributed by atoms with E-state index in [1.807, 2.05) is 0 Å². The molecule has 4 nitrogen and oxygen atoms in total. The van der Waals surface area contributed by atoms with E-state index in [1.165, 1.54) is 6.07 Å². The molecule has 2 bridgehead atoms. The summed E-state index contributed by atoms with van der Waals surface area (Å²) in [6, 6.07) is 6.28. The van der Waals surface area contributed by atoms with E-state index in [4.69, 9.17) is 7.58 Å². The van der Waals surface area contributed by atoms with E-state index in [0.29, 0.717) is 11.1 Å². The molecule has 1 aromatic rings. The average Bonchev–Trinajstić information content (AvgIpc) is 2.16. The number of fused-ring (bicyclic) bond motifs is 2. The van der Waals surface area contributed by atoms with Crippen LogP contribution in [-0.2, 0) is 7.58 Å². The molecular formula is C8H4AlO4. The summed E-state index contributed by atoms with van der Waals surface area (Å²) in [7, 11) is 0. The summed E-state index contributed by atoms with van der Waals surface area (Å²) >= 11 is -1.03. The van der Waals surface area contributed by atoms with Gasteiger partial charge in [-0.3, -0.25) is 0 Å².